The summed E-state index contributed by atoms with van der Waals surface area (Å²) in [6, 6.07) is 0. The molecular formula is C30H44FNO3. The summed E-state index contributed by atoms with van der Waals surface area (Å²) in [5.74, 6) is -0.0789. The molecule has 5 aliphatic rings. The van der Waals surface area contributed by atoms with E-state index in [1.165, 1.54) is 6.08 Å². The predicted molar refractivity (Wildman–Crippen MR) is 135 cm³/mol. The molecule has 1 saturated heterocycles. The molecule has 1 N–H and O–H groups in total. The molecule has 4 aliphatic carbocycles. The van der Waals surface area contributed by atoms with E-state index in [1.54, 1.807) is 19.1 Å². The lowest BCUT2D eigenvalue weighted by molar-refractivity contribution is -0.236. The van der Waals surface area contributed by atoms with Crippen LogP contribution in [0.1, 0.15) is 80.6 Å². The van der Waals surface area contributed by atoms with Crippen molar-refractivity contribution in [2.45, 2.75) is 92.3 Å². The number of aliphatic hydroxyl groups is 1. The maximum absolute atomic E-state index is 17.6. The van der Waals surface area contributed by atoms with Gasteiger partial charge in [0, 0.05) is 24.4 Å². The van der Waals surface area contributed by atoms with Gasteiger partial charge in [0.05, 0.1) is 11.5 Å². The molecular weight excluding hydrogens is 441 g/mol. The van der Waals surface area contributed by atoms with E-state index < -0.39 is 33.4 Å². The molecule has 0 aromatic carbocycles. The van der Waals surface area contributed by atoms with Gasteiger partial charge in [0.2, 0.25) is 0 Å². The second-order valence-electron chi connectivity index (χ2n) is 14.4. The molecule has 4 fully saturated rings. The summed E-state index contributed by atoms with van der Waals surface area (Å²) in [6.45, 7) is 17.3. The first-order chi connectivity index (χ1) is 16.0. The molecule has 3 saturated carbocycles. The number of hydrogen-bond acceptors (Lipinski definition) is 4. The van der Waals surface area contributed by atoms with Crippen LogP contribution in [0, 0.1) is 38.9 Å². The molecule has 0 spiro atoms. The quantitative estimate of drug-likeness (QED) is 0.589. The number of carbonyl (C=O) groups excluding carboxylic acids is 2. The molecule has 4 nitrogen and oxygen atoms in total. The van der Waals surface area contributed by atoms with Gasteiger partial charge < -0.3 is 10.0 Å². The molecule has 8 unspecified atom stereocenters. The first-order valence-electron chi connectivity index (χ1n) is 13.6. The Morgan fingerprint density at radius 2 is 1.91 bits per heavy atom. The van der Waals surface area contributed by atoms with Crippen molar-refractivity contribution >= 4 is 11.6 Å². The number of nitrogens with zero attached hydrogens (tertiary/aromatic N) is 1. The van der Waals surface area contributed by atoms with Crippen LogP contribution in [0.2, 0.25) is 0 Å². The second kappa shape index (κ2) is 7.37. The van der Waals surface area contributed by atoms with Crippen molar-refractivity contribution in [2.75, 3.05) is 19.6 Å². The third-order valence-electron chi connectivity index (χ3n) is 11.8. The maximum atomic E-state index is 17.6. The Bertz CT molecular complexity index is 1030. The number of hydrogen-bond donors (Lipinski definition) is 1. The number of likely N-dealkylation sites (tertiary alicyclic amines) is 1. The van der Waals surface area contributed by atoms with Crippen LogP contribution in [0.3, 0.4) is 0 Å². The van der Waals surface area contributed by atoms with Gasteiger partial charge in [-0.3, -0.25) is 9.59 Å². The van der Waals surface area contributed by atoms with Crippen molar-refractivity contribution < 1.29 is 19.1 Å². The van der Waals surface area contributed by atoms with E-state index in [0.717, 1.165) is 31.5 Å². The molecule has 8 atom stereocenters. The molecule has 1 heterocycles. The molecule has 0 radical (unpaired) electrons. The van der Waals surface area contributed by atoms with Crippen molar-refractivity contribution in [1.29, 1.82) is 0 Å². The largest absolute Gasteiger partial charge is 0.390 e. The Kier molecular flexibility index (Phi) is 5.33. The van der Waals surface area contributed by atoms with E-state index in [2.05, 4.69) is 39.5 Å². The van der Waals surface area contributed by atoms with Crippen LogP contribution in [0.4, 0.5) is 4.39 Å². The van der Waals surface area contributed by atoms with E-state index in [-0.39, 0.29) is 35.2 Å². The first-order valence-corrected chi connectivity index (χ1v) is 13.6. The van der Waals surface area contributed by atoms with Crippen molar-refractivity contribution in [3.05, 3.63) is 23.8 Å². The van der Waals surface area contributed by atoms with E-state index in [1.807, 2.05) is 6.92 Å². The summed E-state index contributed by atoms with van der Waals surface area (Å²) in [6.07, 6.45) is 7.04. The molecule has 0 aromatic heterocycles. The van der Waals surface area contributed by atoms with Gasteiger partial charge in [-0.25, -0.2) is 4.39 Å². The maximum Gasteiger partial charge on any atom is 0.178 e. The SMILES string of the molecule is CC(=O)C12CN(CCC(C)(C)C)CC1CC1(C)C3CCC4=CC(=O)C=CC4(C)C3(F)C(O)CC12C. The second-order valence-corrected chi connectivity index (χ2v) is 14.4. The number of fused-ring (bicyclic) bond motifs is 7. The topological polar surface area (TPSA) is 57.6 Å². The number of halogens is 1. The Balaban J connectivity index is 1.56. The average Bonchev–Trinajstić information content (AvgIpc) is 3.19. The number of Topliss-reactive ketones (excluding diaryl/α,β-unsaturated/α-hetero) is 1. The highest BCUT2D eigenvalue weighted by Crippen LogP contribution is 2.79. The summed E-state index contributed by atoms with van der Waals surface area (Å²) < 4.78 is 17.6. The minimum Gasteiger partial charge on any atom is -0.390 e. The minimum atomic E-state index is -1.86. The number of ketones is 2. The zero-order chi connectivity index (χ0) is 25.8. The lowest BCUT2D eigenvalue weighted by Gasteiger charge is -2.67. The average molecular weight is 486 g/mol. The van der Waals surface area contributed by atoms with Gasteiger partial charge in [-0.05, 0) is 86.8 Å². The number of aliphatic hydroxyl groups excluding tert-OH is 1. The monoisotopic (exact) mass is 485 g/mol. The fraction of sp³-hybridized carbons (Fsp3) is 0.800. The third kappa shape index (κ3) is 2.97. The molecule has 0 amide bonds. The summed E-state index contributed by atoms with van der Waals surface area (Å²) >= 11 is 0. The van der Waals surface area contributed by atoms with Gasteiger partial charge in [-0.2, -0.15) is 0 Å². The van der Waals surface area contributed by atoms with Crippen molar-refractivity contribution in [3.63, 3.8) is 0 Å². The Morgan fingerprint density at radius 1 is 1.23 bits per heavy atom. The summed E-state index contributed by atoms with van der Waals surface area (Å²) in [4.78, 5) is 28.2. The van der Waals surface area contributed by atoms with Crippen molar-refractivity contribution in [2.24, 2.45) is 38.9 Å². The molecule has 35 heavy (non-hydrogen) atoms. The third-order valence-corrected chi connectivity index (χ3v) is 11.8. The zero-order valence-electron chi connectivity index (χ0n) is 22.7. The van der Waals surface area contributed by atoms with Crippen LogP contribution in [0.15, 0.2) is 23.8 Å². The van der Waals surface area contributed by atoms with Gasteiger partial charge in [-0.15, -0.1) is 0 Å². The van der Waals surface area contributed by atoms with Crippen molar-refractivity contribution in [3.8, 4) is 0 Å². The summed E-state index contributed by atoms with van der Waals surface area (Å²) in [7, 11) is 0. The van der Waals surface area contributed by atoms with Gasteiger partial charge in [0.1, 0.15) is 5.78 Å². The van der Waals surface area contributed by atoms with Crippen LogP contribution in [0.5, 0.6) is 0 Å². The Labute approximate surface area is 210 Å². The highest BCUT2D eigenvalue weighted by molar-refractivity contribution is 6.01. The molecule has 194 valence electrons. The van der Waals surface area contributed by atoms with E-state index in [0.29, 0.717) is 19.4 Å². The number of carbonyl (C=O) groups is 2. The zero-order valence-corrected chi connectivity index (χ0v) is 22.7. The van der Waals surface area contributed by atoms with E-state index in [4.69, 9.17) is 0 Å². The normalized spacial score (nSPS) is 49.2. The van der Waals surface area contributed by atoms with Crippen LogP contribution in [-0.4, -0.2) is 53.0 Å². The molecule has 5 rings (SSSR count). The van der Waals surface area contributed by atoms with Crippen LogP contribution in [0.25, 0.3) is 0 Å². The summed E-state index contributed by atoms with van der Waals surface area (Å²) in [5, 5.41) is 11.7. The smallest absolute Gasteiger partial charge is 0.178 e. The van der Waals surface area contributed by atoms with Gasteiger partial charge in [-0.1, -0.05) is 46.3 Å². The number of allylic oxidation sites excluding steroid dienone is 4. The standard InChI is InChI=1S/C30H44FNO3/c1-19(33)29-18-32(13-12-25(2,3)4)17-21(29)15-27(6)23-9-8-20-14-22(34)10-11-26(20,5)30(23,31)24(35)16-28(27,29)7/h10-11,14,21,23-24,35H,8-9,12-13,15-18H2,1-7H3. The predicted octanol–water partition coefficient (Wildman–Crippen LogP) is 5.30. The Morgan fingerprint density at radius 3 is 2.54 bits per heavy atom. The van der Waals surface area contributed by atoms with E-state index >= 15 is 4.39 Å². The lowest BCUT2D eigenvalue weighted by Crippen LogP contribution is -2.71. The molecule has 0 bridgehead atoms. The van der Waals surface area contributed by atoms with Gasteiger partial charge in [0.25, 0.3) is 0 Å². The van der Waals surface area contributed by atoms with Gasteiger partial charge in [0.15, 0.2) is 11.5 Å². The highest BCUT2D eigenvalue weighted by atomic mass is 19.1. The fourth-order valence-corrected chi connectivity index (χ4v) is 9.72. The highest BCUT2D eigenvalue weighted by Gasteiger charge is 2.80. The first kappa shape index (κ1) is 25.3. The van der Waals surface area contributed by atoms with Crippen LogP contribution < -0.4 is 0 Å². The minimum absolute atomic E-state index is 0.0952. The van der Waals surface area contributed by atoms with Crippen LogP contribution >= 0.6 is 0 Å². The molecule has 0 aromatic rings. The summed E-state index contributed by atoms with van der Waals surface area (Å²) in [5.41, 5.74) is -3.26. The number of rotatable bonds is 3. The van der Waals surface area contributed by atoms with Crippen LogP contribution in [-0.2, 0) is 9.59 Å². The Hall–Kier alpha value is -1.33. The fourth-order valence-electron chi connectivity index (χ4n) is 9.72. The molecule has 1 aliphatic heterocycles. The van der Waals surface area contributed by atoms with Crippen molar-refractivity contribution in [1.82, 2.24) is 4.90 Å². The van der Waals surface area contributed by atoms with Gasteiger partial charge >= 0.3 is 0 Å². The number of alkyl halides is 1. The lowest BCUT2D eigenvalue weighted by atomic mass is 9.38. The molecule has 5 heteroatoms. The van der Waals surface area contributed by atoms with E-state index in [9.17, 15) is 14.7 Å².